The molecule has 1 heterocycles. The smallest absolute Gasteiger partial charge is 0.255 e. The molecule has 1 fully saturated rings. The van der Waals surface area contributed by atoms with E-state index in [0.717, 1.165) is 22.8 Å². The van der Waals surface area contributed by atoms with E-state index in [2.05, 4.69) is 5.32 Å². The summed E-state index contributed by atoms with van der Waals surface area (Å²) in [5, 5.41) is 3.02. The average Bonchev–Trinajstić information content (AvgIpc) is 2.63. The van der Waals surface area contributed by atoms with E-state index in [4.69, 9.17) is 12.2 Å². The molecule has 102 valence electrons. The topological polar surface area (TPSA) is 32.3 Å². The van der Waals surface area contributed by atoms with Gasteiger partial charge in [0.25, 0.3) is 5.91 Å². The molecule has 2 rings (SSSR count). The molecule has 19 heavy (non-hydrogen) atoms. The van der Waals surface area contributed by atoms with E-state index in [-0.39, 0.29) is 16.7 Å². The van der Waals surface area contributed by atoms with Crippen molar-refractivity contribution in [2.24, 2.45) is 0 Å². The Bertz CT molecular complexity index is 524. The Kier molecular flexibility index (Phi) is 4.36. The van der Waals surface area contributed by atoms with Gasteiger partial charge in [-0.2, -0.15) is 11.8 Å². The van der Waals surface area contributed by atoms with Crippen LogP contribution in [0.5, 0.6) is 0 Å². The summed E-state index contributed by atoms with van der Waals surface area (Å²) in [4.78, 5) is 13.3. The Morgan fingerprint density at radius 1 is 1.47 bits per heavy atom. The zero-order valence-electron chi connectivity index (χ0n) is 10.2. The van der Waals surface area contributed by atoms with E-state index in [9.17, 15) is 13.6 Å². The van der Waals surface area contributed by atoms with Gasteiger partial charge in [0.2, 0.25) is 0 Å². The average molecular weight is 302 g/mol. The van der Waals surface area contributed by atoms with Crippen molar-refractivity contribution in [2.45, 2.75) is 12.5 Å². The second kappa shape index (κ2) is 5.83. The molecule has 1 aromatic rings. The summed E-state index contributed by atoms with van der Waals surface area (Å²) >= 11 is 6.66. The summed E-state index contributed by atoms with van der Waals surface area (Å²) < 4.78 is 26.6. The monoisotopic (exact) mass is 302 g/mol. The predicted octanol–water partition coefficient (Wildman–Crippen LogP) is 2.31. The number of carbonyl (C=O) groups excluding carboxylic acids is 1. The minimum Gasteiger partial charge on any atom is -0.350 e. The number of benzene rings is 1. The van der Waals surface area contributed by atoms with Crippen molar-refractivity contribution >= 4 is 40.7 Å². The van der Waals surface area contributed by atoms with Crippen molar-refractivity contribution < 1.29 is 13.6 Å². The number of carbonyl (C=O) groups is 1. The number of thiocarbonyl (C=S) groups is 1. The van der Waals surface area contributed by atoms with E-state index in [1.165, 1.54) is 6.07 Å². The Balaban J connectivity index is 2.25. The molecule has 1 aliphatic heterocycles. The lowest BCUT2D eigenvalue weighted by atomic mass is 10.2. The fraction of sp³-hybridized carbons (Fsp3) is 0.333. The van der Waals surface area contributed by atoms with Crippen molar-refractivity contribution in [3.63, 3.8) is 0 Å². The SMILES string of the molecule is CSCCC1NC(=S)N(c2ccc(F)cc2F)C1=O. The Hall–Kier alpha value is -1.21. The molecule has 1 atom stereocenters. The molecule has 0 spiro atoms. The van der Waals surface area contributed by atoms with Gasteiger partial charge >= 0.3 is 0 Å². The number of rotatable bonds is 4. The van der Waals surface area contributed by atoms with Gasteiger partial charge < -0.3 is 5.32 Å². The highest BCUT2D eigenvalue weighted by Crippen LogP contribution is 2.25. The van der Waals surface area contributed by atoms with Gasteiger partial charge in [0.15, 0.2) is 5.11 Å². The molecular formula is C12H12F2N2OS2. The minimum atomic E-state index is -0.803. The summed E-state index contributed by atoms with van der Waals surface area (Å²) in [5.74, 6) is -0.996. The molecule has 0 saturated carbocycles. The highest BCUT2D eigenvalue weighted by Gasteiger charge is 2.37. The predicted molar refractivity (Wildman–Crippen MR) is 76.4 cm³/mol. The van der Waals surface area contributed by atoms with Crippen LogP contribution in [-0.2, 0) is 4.79 Å². The van der Waals surface area contributed by atoms with Gasteiger partial charge in [-0.3, -0.25) is 9.69 Å². The fourth-order valence-electron chi connectivity index (χ4n) is 1.85. The van der Waals surface area contributed by atoms with Crippen LogP contribution in [0.25, 0.3) is 0 Å². The van der Waals surface area contributed by atoms with Gasteiger partial charge in [0.1, 0.15) is 17.7 Å². The van der Waals surface area contributed by atoms with E-state index in [1.54, 1.807) is 11.8 Å². The molecule has 0 radical (unpaired) electrons. The van der Waals surface area contributed by atoms with Gasteiger partial charge in [-0.1, -0.05) is 0 Å². The van der Waals surface area contributed by atoms with Gasteiger partial charge in [-0.25, -0.2) is 8.78 Å². The van der Waals surface area contributed by atoms with Crippen LogP contribution in [0.2, 0.25) is 0 Å². The van der Waals surface area contributed by atoms with Crippen LogP contribution in [0.3, 0.4) is 0 Å². The lowest BCUT2D eigenvalue weighted by Crippen LogP contribution is -2.32. The van der Waals surface area contributed by atoms with E-state index < -0.39 is 17.7 Å². The molecule has 1 aliphatic rings. The molecule has 1 amide bonds. The zero-order valence-corrected chi connectivity index (χ0v) is 11.8. The van der Waals surface area contributed by atoms with Gasteiger partial charge in [0.05, 0.1) is 5.69 Å². The molecule has 3 nitrogen and oxygen atoms in total. The normalized spacial score (nSPS) is 18.9. The van der Waals surface area contributed by atoms with E-state index in [0.29, 0.717) is 6.42 Å². The first-order chi connectivity index (χ1) is 9.04. The van der Waals surface area contributed by atoms with Gasteiger partial charge in [0, 0.05) is 6.07 Å². The van der Waals surface area contributed by atoms with Crippen LogP contribution >= 0.6 is 24.0 Å². The third-order valence-electron chi connectivity index (χ3n) is 2.78. The number of hydrogen-bond donors (Lipinski definition) is 1. The van der Waals surface area contributed by atoms with Crippen LogP contribution < -0.4 is 10.2 Å². The maximum absolute atomic E-state index is 13.7. The Labute approximate surface area is 119 Å². The lowest BCUT2D eigenvalue weighted by Gasteiger charge is -2.15. The van der Waals surface area contributed by atoms with Crippen LogP contribution in [0.1, 0.15) is 6.42 Å². The number of thioether (sulfide) groups is 1. The third-order valence-corrected chi connectivity index (χ3v) is 3.72. The van der Waals surface area contributed by atoms with Gasteiger partial charge in [-0.05, 0) is 42.8 Å². The second-order valence-corrected chi connectivity index (χ2v) is 5.43. The molecular weight excluding hydrogens is 290 g/mol. The molecule has 1 aromatic carbocycles. The molecule has 7 heteroatoms. The highest BCUT2D eigenvalue weighted by atomic mass is 32.2. The summed E-state index contributed by atoms with van der Waals surface area (Å²) in [6.07, 6.45) is 2.55. The summed E-state index contributed by atoms with van der Waals surface area (Å²) in [6, 6.07) is 2.61. The third kappa shape index (κ3) is 2.87. The zero-order chi connectivity index (χ0) is 14.0. The lowest BCUT2D eigenvalue weighted by molar-refractivity contribution is -0.118. The number of nitrogens with one attached hydrogen (secondary N) is 1. The van der Waals surface area contributed by atoms with Crippen LogP contribution in [0.4, 0.5) is 14.5 Å². The van der Waals surface area contributed by atoms with Gasteiger partial charge in [-0.15, -0.1) is 0 Å². The molecule has 1 unspecified atom stereocenters. The van der Waals surface area contributed by atoms with Crippen molar-refractivity contribution in [1.29, 1.82) is 0 Å². The maximum Gasteiger partial charge on any atom is 0.255 e. The van der Waals surface area contributed by atoms with Crippen LogP contribution in [0, 0.1) is 11.6 Å². The standard InChI is InChI=1S/C12H12F2N2OS2/c1-19-5-4-9-11(17)16(12(18)15-9)10-3-2-7(13)6-8(10)14/h2-3,6,9H,4-5H2,1H3,(H,15,18). The van der Waals surface area contributed by atoms with E-state index >= 15 is 0 Å². The minimum absolute atomic E-state index is 0.0180. The summed E-state index contributed by atoms with van der Waals surface area (Å²) in [7, 11) is 0. The second-order valence-electron chi connectivity index (χ2n) is 4.05. The number of amides is 1. The van der Waals surface area contributed by atoms with E-state index in [1.807, 2.05) is 6.26 Å². The van der Waals surface area contributed by atoms with Crippen molar-refractivity contribution in [3.05, 3.63) is 29.8 Å². The fourth-order valence-corrected chi connectivity index (χ4v) is 2.66. The van der Waals surface area contributed by atoms with Crippen LogP contribution in [0.15, 0.2) is 18.2 Å². The Morgan fingerprint density at radius 3 is 2.84 bits per heavy atom. The first-order valence-electron chi connectivity index (χ1n) is 5.63. The summed E-state index contributed by atoms with van der Waals surface area (Å²) in [6.45, 7) is 0. The quantitative estimate of drug-likeness (QED) is 0.865. The number of anilines is 1. The van der Waals surface area contributed by atoms with Crippen molar-refractivity contribution in [1.82, 2.24) is 5.32 Å². The Morgan fingerprint density at radius 2 is 2.21 bits per heavy atom. The first-order valence-corrected chi connectivity index (χ1v) is 7.43. The molecule has 0 aromatic heterocycles. The molecule has 1 N–H and O–H groups in total. The van der Waals surface area contributed by atoms with Crippen molar-refractivity contribution in [3.8, 4) is 0 Å². The van der Waals surface area contributed by atoms with Crippen LogP contribution in [-0.4, -0.2) is 29.1 Å². The summed E-state index contributed by atoms with van der Waals surface area (Å²) in [5.41, 5.74) is -0.0180. The maximum atomic E-state index is 13.7. The largest absolute Gasteiger partial charge is 0.350 e. The number of nitrogens with zero attached hydrogens (tertiary/aromatic N) is 1. The molecule has 0 bridgehead atoms. The highest BCUT2D eigenvalue weighted by molar-refractivity contribution is 7.98. The number of halogens is 2. The molecule has 1 saturated heterocycles. The number of hydrogen-bond acceptors (Lipinski definition) is 3. The first kappa shape index (κ1) is 14.2. The van der Waals surface area contributed by atoms with Crippen molar-refractivity contribution in [2.75, 3.05) is 16.9 Å². The molecule has 0 aliphatic carbocycles.